The molecule has 0 aliphatic rings. The Morgan fingerprint density at radius 2 is 1.79 bits per heavy atom. The van der Waals surface area contributed by atoms with E-state index in [2.05, 4.69) is 20.6 Å². The van der Waals surface area contributed by atoms with Crippen LogP contribution in [-0.4, -0.2) is 51.8 Å². The van der Waals surface area contributed by atoms with E-state index in [0.717, 1.165) is 10.6 Å². The number of carbonyl (C=O) groups excluding carboxylic acids is 1. The lowest BCUT2D eigenvalue weighted by Crippen LogP contribution is -2.26. The molecule has 0 saturated heterocycles. The van der Waals surface area contributed by atoms with Crippen LogP contribution in [0.25, 0.3) is 0 Å². The summed E-state index contributed by atoms with van der Waals surface area (Å²) >= 11 is 0. The highest BCUT2D eigenvalue weighted by Crippen LogP contribution is 2.34. The van der Waals surface area contributed by atoms with E-state index in [1.807, 2.05) is 0 Å². The maximum absolute atomic E-state index is 13.8. The van der Waals surface area contributed by atoms with Gasteiger partial charge in [-0.05, 0) is 36.6 Å². The number of aryl methyl sites for hydroxylation is 2. The number of sulfonamides is 1. The molecule has 3 rings (SSSR count). The topological polar surface area (TPSA) is 123 Å². The molecule has 1 amide bonds. The van der Waals surface area contributed by atoms with Gasteiger partial charge in [-0.2, -0.15) is 13.2 Å². The lowest BCUT2D eigenvalue weighted by Gasteiger charge is -2.21. The second kappa shape index (κ2) is 11.8. The second-order valence-corrected chi connectivity index (χ2v) is 10.5. The maximum atomic E-state index is 13.8. The van der Waals surface area contributed by atoms with Gasteiger partial charge in [-0.3, -0.25) is 9.10 Å². The van der Waals surface area contributed by atoms with Gasteiger partial charge in [0.05, 0.1) is 43.1 Å². The summed E-state index contributed by atoms with van der Waals surface area (Å²) in [5.41, 5.74) is 0.328. The Kier molecular flexibility index (Phi) is 8.89. The molecule has 39 heavy (non-hydrogen) atoms. The zero-order chi connectivity index (χ0) is 29.0. The van der Waals surface area contributed by atoms with E-state index in [0.29, 0.717) is 34.6 Å². The van der Waals surface area contributed by atoms with Crippen LogP contribution in [0, 0.1) is 0 Å². The summed E-state index contributed by atoms with van der Waals surface area (Å²) in [6.45, 7) is 1.34. The van der Waals surface area contributed by atoms with Crippen molar-refractivity contribution in [2.24, 2.45) is 0 Å². The lowest BCUT2D eigenvalue weighted by molar-refractivity contribution is -0.138. The van der Waals surface area contributed by atoms with Gasteiger partial charge in [0.1, 0.15) is 11.5 Å². The van der Waals surface area contributed by atoms with Gasteiger partial charge in [-0.25, -0.2) is 18.4 Å². The quantitative estimate of drug-likeness (QED) is 0.370. The summed E-state index contributed by atoms with van der Waals surface area (Å²) in [6.07, 6.45) is -3.08. The van der Waals surface area contributed by atoms with Crippen molar-refractivity contribution in [3.8, 4) is 11.5 Å². The fourth-order valence-electron chi connectivity index (χ4n) is 3.70. The molecule has 0 aliphatic carbocycles. The first kappa shape index (κ1) is 29.5. The number of methoxy groups -OCH3 is 2. The van der Waals surface area contributed by atoms with Crippen molar-refractivity contribution in [2.75, 3.05) is 42.5 Å². The van der Waals surface area contributed by atoms with Crippen LogP contribution >= 0.6 is 0 Å². The van der Waals surface area contributed by atoms with E-state index in [1.54, 1.807) is 24.3 Å². The highest BCUT2D eigenvalue weighted by atomic mass is 32.2. The van der Waals surface area contributed by atoms with E-state index >= 15 is 0 Å². The number of hydrogen-bond donors (Lipinski definition) is 2. The zero-order valence-corrected chi connectivity index (χ0v) is 22.7. The molecule has 2 N–H and O–H groups in total. The van der Waals surface area contributed by atoms with Crippen molar-refractivity contribution >= 4 is 38.9 Å². The third kappa shape index (κ3) is 7.50. The number of benzene rings is 2. The molecule has 0 spiro atoms. The molecule has 0 atom stereocenters. The lowest BCUT2D eigenvalue weighted by atomic mass is 10.0. The summed E-state index contributed by atoms with van der Waals surface area (Å²) in [7, 11) is 0.541. The Balaban J connectivity index is 1.94. The molecule has 210 valence electrons. The molecular formula is C25H28F3N5O5S. The molecule has 14 heteroatoms. The Bertz CT molecular complexity index is 1460. The van der Waals surface area contributed by atoms with Gasteiger partial charge in [0.25, 0.3) is 0 Å². The Labute approximate surface area is 224 Å². The number of halogens is 3. The molecule has 0 bridgehead atoms. The van der Waals surface area contributed by atoms with E-state index in [1.165, 1.54) is 40.3 Å². The van der Waals surface area contributed by atoms with Gasteiger partial charge >= 0.3 is 6.18 Å². The number of anilines is 4. The number of ether oxygens (including phenoxy) is 2. The van der Waals surface area contributed by atoms with Crippen LogP contribution < -0.4 is 24.4 Å². The Hall–Kier alpha value is -4.07. The van der Waals surface area contributed by atoms with Crippen LogP contribution in [0.5, 0.6) is 11.5 Å². The highest BCUT2D eigenvalue weighted by molar-refractivity contribution is 7.92. The minimum atomic E-state index is -4.70. The van der Waals surface area contributed by atoms with Crippen molar-refractivity contribution in [1.82, 2.24) is 9.97 Å². The van der Waals surface area contributed by atoms with Crippen LogP contribution in [0.4, 0.5) is 36.2 Å². The molecule has 3 aromatic rings. The monoisotopic (exact) mass is 567 g/mol. The van der Waals surface area contributed by atoms with E-state index in [-0.39, 0.29) is 36.1 Å². The molecule has 0 saturated carbocycles. The molecule has 0 aliphatic heterocycles. The predicted molar refractivity (Wildman–Crippen MR) is 141 cm³/mol. The number of nitrogens with zero attached hydrogens (tertiary/aromatic N) is 3. The normalized spacial score (nSPS) is 11.6. The van der Waals surface area contributed by atoms with Crippen LogP contribution in [-0.2, 0) is 33.8 Å². The number of carbonyl (C=O) groups is 1. The van der Waals surface area contributed by atoms with Crippen molar-refractivity contribution in [2.45, 2.75) is 25.9 Å². The summed E-state index contributed by atoms with van der Waals surface area (Å²) in [4.78, 5) is 19.3. The van der Waals surface area contributed by atoms with Crippen molar-refractivity contribution in [1.29, 1.82) is 0 Å². The fourth-order valence-corrected chi connectivity index (χ4v) is 4.23. The molecule has 1 heterocycles. The van der Waals surface area contributed by atoms with Crippen LogP contribution in [0.1, 0.15) is 23.7 Å². The molecule has 2 aromatic carbocycles. The number of hydrogen-bond acceptors (Lipinski definition) is 8. The van der Waals surface area contributed by atoms with Crippen molar-refractivity contribution < 1.29 is 35.9 Å². The molecule has 0 radical (unpaired) electrons. The summed E-state index contributed by atoms with van der Waals surface area (Å²) in [5, 5.41) is 5.47. The minimum Gasteiger partial charge on any atom is -0.497 e. The first-order valence-electron chi connectivity index (χ1n) is 11.5. The Morgan fingerprint density at radius 1 is 1.08 bits per heavy atom. The largest absolute Gasteiger partial charge is 0.497 e. The molecule has 10 nitrogen and oxygen atoms in total. The predicted octanol–water partition coefficient (Wildman–Crippen LogP) is 4.40. The van der Waals surface area contributed by atoms with E-state index in [4.69, 9.17) is 9.47 Å². The van der Waals surface area contributed by atoms with Gasteiger partial charge in [0, 0.05) is 38.0 Å². The summed E-state index contributed by atoms with van der Waals surface area (Å²) in [5.74, 6) is 0.334. The first-order chi connectivity index (χ1) is 18.2. The van der Waals surface area contributed by atoms with Crippen LogP contribution in [0.2, 0.25) is 0 Å². The van der Waals surface area contributed by atoms with E-state index < -0.39 is 21.8 Å². The van der Waals surface area contributed by atoms with Gasteiger partial charge < -0.3 is 20.1 Å². The second-order valence-electron chi connectivity index (χ2n) is 8.50. The smallest absolute Gasteiger partial charge is 0.419 e. The highest BCUT2D eigenvalue weighted by Gasteiger charge is 2.35. The number of rotatable bonds is 10. The van der Waals surface area contributed by atoms with Gasteiger partial charge in [-0.1, -0.05) is 6.07 Å². The molecule has 1 aromatic heterocycles. The van der Waals surface area contributed by atoms with Crippen molar-refractivity contribution in [3.63, 3.8) is 0 Å². The SMILES string of the molecule is COc1ccc(CCc2nc(Nc3ccc(NC(C)=O)c(OC)c3)ncc2C(F)(F)F)c(N(C)S(C)(=O)=O)c1. The van der Waals surface area contributed by atoms with Crippen LogP contribution in [0.15, 0.2) is 42.6 Å². The number of alkyl halides is 3. The molecule has 0 fully saturated rings. The average molecular weight is 568 g/mol. The third-order valence-electron chi connectivity index (χ3n) is 5.70. The maximum Gasteiger partial charge on any atom is 0.419 e. The summed E-state index contributed by atoms with van der Waals surface area (Å²) in [6, 6.07) is 9.40. The fraction of sp³-hybridized carbons (Fsp3) is 0.320. The standard InChI is InChI=1S/C25H28F3N5O5S/c1-15(34)30-21-11-8-17(12-23(21)38-4)31-24-29-14-19(25(26,27)28)20(32-24)10-7-16-6-9-18(37-3)13-22(16)33(2)39(5,35)36/h6,8-9,11-14H,7,10H2,1-5H3,(H,30,34)(H,29,31,32). The zero-order valence-electron chi connectivity index (χ0n) is 21.9. The average Bonchev–Trinajstić information content (AvgIpc) is 2.86. The van der Waals surface area contributed by atoms with Gasteiger partial charge in [0.15, 0.2) is 0 Å². The molecular weight excluding hydrogens is 539 g/mol. The van der Waals surface area contributed by atoms with Crippen molar-refractivity contribution in [3.05, 3.63) is 59.4 Å². The minimum absolute atomic E-state index is 0.0535. The van der Waals surface area contributed by atoms with Crippen LogP contribution in [0.3, 0.4) is 0 Å². The number of amides is 1. The van der Waals surface area contributed by atoms with E-state index in [9.17, 15) is 26.4 Å². The van der Waals surface area contributed by atoms with Gasteiger partial charge in [-0.15, -0.1) is 0 Å². The number of aromatic nitrogens is 2. The van der Waals surface area contributed by atoms with Gasteiger partial charge in [0.2, 0.25) is 21.9 Å². The summed E-state index contributed by atoms with van der Waals surface area (Å²) < 4.78 is 77.2. The number of nitrogens with one attached hydrogen (secondary N) is 2. The Morgan fingerprint density at radius 3 is 2.38 bits per heavy atom. The molecule has 0 unspecified atom stereocenters. The third-order valence-corrected chi connectivity index (χ3v) is 6.89. The first-order valence-corrected chi connectivity index (χ1v) is 13.3.